The Hall–Kier alpha value is -1.77. The van der Waals surface area contributed by atoms with Gasteiger partial charge in [0.25, 0.3) is 0 Å². The van der Waals surface area contributed by atoms with Gasteiger partial charge in [-0.05, 0) is 22.9 Å². The van der Waals surface area contributed by atoms with Gasteiger partial charge in [-0.3, -0.25) is 4.79 Å². The summed E-state index contributed by atoms with van der Waals surface area (Å²) in [5, 5.41) is 5.02. The lowest BCUT2D eigenvalue weighted by Crippen LogP contribution is -2.01. The highest BCUT2D eigenvalue weighted by molar-refractivity contribution is 5.84. The molecule has 0 aliphatic rings. The van der Waals surface area contributed by atoms with E-state index in [0.29, 0.717) is 0 Å². The summed E-state index contributed by atoms with van der Waals surface area (Å²) < 4.78 is 0. The highest BCUT2D eigenvalue weighted by Gasteiger charge is 1.94. The van der Waals surface area contributed by atoms with Crippen molar-refractivity contribution in [3.8, 4) is 0 Å². The van der Waals surface area contributed by atoms with Crippen molar-refractivity contribution in [2.24, 2.45) is 0 Å². The van der Waals surface area contributed by atoms with Crippen LogP contribution in [0.4, 0.5) is 5.69 Å². The summed E-state index contributed by atoms with van der Waals surface area (Å²) in [4.78, 5) is 13.6. The van der Waals surface area contributed by atoms with Crippen LogP contribution in [0.3, 0.4) is 0 Å². The minimum Gasteiger partial charge on any atom is -0.388 e. The van der Waals surface area contributed by atoms with Crippen LogP contribution in [0, 0.1) is 0 Å². The Morgan fingerprint density at radius 2 is 2.08 bits per heavy atom. The fourth-order valence-electron chi connectivity index (χ4n) is 1.32. The van der Waals surface area contributed by atoms with Crippen LogP contribution in [0.2, 0.25) is 0 Å². The van der Waals surface area contributed by atoms with Crippen LogP contribution >= 0.6 is 0 Å². The Kier molecular flexibility index (Phi) is 1.77. The monoisotopic (exact) mass is 174 g/mol. The maximum absolute atomic E-state index is 11.0. The normalized spacial score (nSPS) is 10.2. The van der Waals surface area contributed by atoms with Crippen LogP contribution in [0.15, 0.2) is 35.3 Å². The third-order valence-corrected chi connectivity index (χ3v) is 2.03. The molecule has 66 valence electrons. The third-order valence-electron chi connectivity index (χ3n) is 2.03. The molecule has 0 bridgehead atoms. The number of aromatic amines is 1. The molecule has 2 N–H and O–H groups in total. The van der Waals surface area contributed by atoms with Gasteiger partial charge in [-0.25, -0.2) is 0 Å². The number of H-pyrrole nitrogens is 1. The maximum Gasteiger partial charge on any atom is 0.248 e. The van der Waals surface area contributed by atoms with E-state index >= 15 is 0 Å². The van der Waals surface area contributed by atoms with Crippen LogP contribution in [-0.4, -0.2) is 12.0 Å². The standard InChI is InChI=1S/C10H10N2O/c1-11-9-3-2-7-6-12-10(13)5-8(7)4-9/h2-6,11H,1H3,(H,12,13). The van der Waals surface area contributed by atoms with Crippen LogP contribution in [0.1, 0.15) is 0 Å². The largest absolute Gasteiger partial charge is 0.388 e. The third kappa shape index (κ3) is 1.40. The van der Waals surface area contributed by atoms with Crippen molar-refractivity contribution in [3.05, 3.63) is 40.8 Å². The van der Waals surface area contributed by atoms with Gasteiger partial charge in [-0.2, -0.15) is 0 Å². The lowest BCUT2D eigenvalue weighted by Gasteiger charge is -2.01. The molecular weight excluding hydrogens is 164 g/mol. The van der Waals surface area contributed by atoms with Gasteiger partial charge in [0.15, 0.2) is 0 Å². The fourth-order valence-corrected chi connectivity index (χ4v) is 1.32. The van der Waals surface area contributed by atoms with Crippen molar-refractivity contribution in [2.45, 2.75) is 0 Å². The molecule has 0 atom stereocenters. The van der Waals surface area contributed by atoms with E-state index in [2.05, 4.69) is 10.3 Å². The molecule has 0 saturated carbocycles. The van der Waals surface area contributed by atoms with E-state index in [1.165, 1.54) is 0 Å². The first-order valence-corrected chi connectivity index (χ1v) is 4.10. The first kappa shape index (κ1) is 7.86. The summed E-state index contributed by atoms with van der Waals surface area (Å²) in [6.45, 7) is 0. The Morgan fingerprint density at radius 3 is 2.85 bits per heavy atom. The summed E-state index contributed by atoms with van der Waals surface area (Å²) in [6, 6.07) is 7.48. The van der Waals surface area contributed by atoms with Crippen molar-refractivity contribution in [3.63, 3.8) is 0 Å². The predicted molar refractivity (Wildman–Crippen MR) is 54.1 cm³/mol. The van der Waals surface area contributed by atoms with Crippen LogP contribution < -0.4 is 10.9 Å². The number of hydrogen-bond acceptors (Lipinski definition) is 2. The Bertz CT molecular complexity index is 487. The van der Waals surface area contributed by atoms with Crippen molar-refractivity contribution in [2.75, 3.05) is 12.4 Å². The summed E-state index contributed by atoms with van der Waals surface area (Å²) >= 11 is 0. The van der Waals surface area contributed by atoms with E-state index in [1.54, 1.807) is 12.3 Å². The molecule has 0 aliphatic heterocycles. The SMILES string of the molecule is CNc1ccc2c[nH]c(=O)cc2c1. The zero-order valence-electron chi connectivity index (χ0n) is 7.29. The summed E-state index contributed by atoms with van der Waals surface area (Å²) in [5.41, 5.74) is 0.943. The van der Waals surface area contributed by atoms with Gasteiger partial charge in [0.05, 0.1) is 0 Å². The molecule has 1 heterocycles. The molecule has 0 aliphatic carbocycles. The molecule has 0 unspecified atom stereocenters. The molecule has 1 aromatic carbocycles. The second kappa shape index (κ2) is 2.94. The van der Waals surface area contributed by atoms with Gasteiger partial charge in [0, 0.05) is 25.0 Å². The second-order valence-corrected chi connectivity index (χ2v) is 2.89. The zero-order chi connectivity index (χ0) is 9.26. The first-order valence-electron chi connectivity index (χ1n) is 4.10. The molecule has 2 aromatic rings. The average molecular weight is 174 g/mol. The molecule has 3 nitrogen and oxygen atoms in total. The highest BCUT2D eigenvalue weighted by atomic mass is 16.1. The van der Waals surface area contributed by atoms with E-state index in [0.717, 1.165) is 16.5 Å². The average Bonchev–Trinajstić information content (AvgIpc) is 2.16. The zero-order valence-corrected chi connectivity index (χ0v) is 7.29. The molecule has 2 rings (SSSR count). The van der Waals surface area contributed by atoms with Gasteiger partial charge < -0.3 is 10.3 Å². The number of hydrogen-bond donors (Lipinski definition) is 2. The van der Waals surface area contributed by atoms with Gasteiger partial charge in [0.2, 0.25) is 5.56 Å². The molecule has 0 radical (unpaired) electrons. The minimum absolute atomic E-state index is 0.0687. The number of fused-ring (bicyclic) bond motifs is 1. The molecular formula is C10H10N2O. The lowest BCUT2D eigenvalue weighted by atomic mass is 10.1. The molecule has 13 heavy (non-hydrogen) atoms. The fraction of sp³-hybridized carbons (Fsp3) is 0.100. The van der Waals surface area contributed by atoms with Crippen LogP contribution in [-0.2, 0) is 0 Å². The second-order valence-electron chi connectivity index (χ2n) is 2.89. The van der Waals surface area contributed by atoms with Crippen LogP contribution in [0.25, 0.3) is 10.8 Å². The minimum atomic E-state index is -0.0687. The van der Waals surface area contributed by atoms with Crippen molar-refractivity contribution in [1.82, 2.24) is 4.98 Å². The van der Waals surface area contributed by atoms with E-state index in [4.69, 9.17) is 0 Å². The number of nitrogens with one attached hydrogen (secondary N) is 2. The number of rotatable bonds is 1. The lowest BCUT2D eigenvalue weighted by molar-refractivity contribution is 1.27. The number of anilines is 1. The number of aromatic nitrogens is 1. The number of benzene rings is 1. The molecule has 0 spiro atoms. The van der Waals surface area contributed by atoms with Crippen molar-refractivity contribution >= 4 is 16.5 Å². The van der Waals surface area contributed by atoms with E-state index < -0.39 is 0 Å². The van der Waals surface area contributed by atoms with E-state index in [1.807, 2.05) is 25.2 Å². The Labute approximate surface area is 75.4 Å². The molecule has 0 amide bonds. The Balaban J connectivity index is 2.75. The molecule has 0 fully saturated rings. The summed E-state index contributed by atoms with van der Waals surface area (Å²) in [5.74, 6) is 0. The van der Waals surface area contributed by atoms with E-state index in [-0.39, 0.29) is 5.56 Å². The quantitative estimate of drug-likeness (QED) is 0.689. The molecule has 3 heteroatoms. The smallest absolute Gasteiger partial charge is 0.248 e. The molecule has 0 saturated heterocycles. The molecule has 1 aromatic heterocycles. The van der Waals surface area contributed by atoms with Gasteiger partial charge in [-0.15, -0.1) is 0 Å². The van der Waals surface area contributed by atoms with Gasteiger partial charge in [-0.1, -0.05) is 6.07 Å². The first-order chi connectivity index (χ1) is 6.29. The van der Waals surface area contributed by atoms with Gasteiger partial charge >= 0.3 is 0 Å². The van der Waals surface area contributed by atoms with Crippen molar-refractivity contribution in [1.29, 1.82) is 0 Å². The number of pyridine rings is 1. The highest BCUT2D eigenvalue weighted by Crippen LogP contribution is 2.15. The van der Waals surface area contributed by atoms with Crippen molar-refractivity contribution < 1.29 is 0 Å². The summed E-state index contributed by atoms with van der Waals surface area (Å²) in [6.07, 6.45) is 1.72. The van der Waals surface area contributed by atoms with Gasteiger partial charge in [0.1, 0.15) is 0 Å². The van der Waals surface area contributed by atoms with Crippen LogP contribution in [0.5, 0.6) is 0 Å². The topological polar surface area (TPSA) is 44.9 Å². The summed E-state index contributed by atoms with van der Waals surface area (Å²) in [7, 11) is 1.86. The maximum atomic E-state index is 11.0. The predicted octanol–water partition coefficient (Wildman–Crippen LogP) is 1.57. The van der Waals surface area contributed by atoms with E-state index in [9.17, 15) is 4.79 Å². The Morgan fingerprint density at radius 1 is 1.23 bits per heavy atom.